The number of halogens is 1. The van der Waals surface area contributed by atoms with E-state index in [2.05, 4.69) is 20.2 Å². The molecule has 5 rings (SSSR count). The van der Waals surface area contributed by atoms with Crippen LogP contribution in [0.4, 0.5) is 15.9 Å². The highest BCUT2D eigenvalue weighted by Gasteiger charge is 2.14. The summed E-state index contributed by atoms with van der Waals surface area (Å²) in [6, 6.07) is 11.9. The predicted molar refractivity (Wildman–Crippen MR) is 129 cm³/mol. The van der Waals surface area contributed by atoms with Crippen LogP contribution in [0.5, 0.6) is 5.75 Å². The Kier molecular flexibility index (Phi) is 6.55. The zero-order valence-corrected chi connectivity index (χ0v) is 19.0. The van der Waals surface area contributed by atoms with Gasteiger partial charge >= 0.3 is 0 Å². The van der Waals surface area contributed by atoms with E-state index < -0.39 is 11.7 Å². The van der Waals surface area contributed by atoms with E-state index in [1.54, 1.807) is 29.1 Å². The molecule has 0 atom stereocenters. The fraction of sp³-hybridized carbons (Fsp3) is 0.240. The van der Waals surface area contributed by atoms with Crippen LogP contribution in [0.25, 0.3) is 16.9 Å². The largest absolute Gasteiger partial charge is 0.492 e. The summed E-state index contributed by atoms with van der Waals surface area (Å²) in [7, 11) is 0. The first-order valence-electron chi connectivity index (χ1n) is 11.3. The standard InChI is InChI=1S/C25H25FN6O3/c26-21-15-17(1-6-20(21)23(27)33)22-16-29-24(25-28-7-8-32(22)25)30-18-2-4-19(5-3-18)35-14-11-31-9-12-34-13-10-31/h1-8,15-16H,9-14H2,(H2,27,33)(H,29,30). The van der Waals surface area contributed by atoms with Crippen molar-refractivity contribution in [3.63, 3.8) is 0 Å². The van der Waals surface area contributed by atoms with E-state index in [9.17, 15) is 9.18 Å². The minimum absolute atomic E-state index is 0.157. The number of anilines is 2. The van der Waals surface area contributed by atoms with Crippen molar-refractivity contribution in [1.29, 1.82) is 0 Å². The summed E-state index contributed by atoms with van der Waals surface area (Å²) >= 11 is 0. The highest BCUT2D eigenvalue weighted by molar-refractivity contribution is 5.93. The third-order valence-corrected chi connectivity index (χ3v) is 5.86. The number of imidazole rings is 1. The van der Waals surface area contributed by atoms with Crippen molar-refractivity contribution in [3.8, 4) is 17.0 Å². The molecular formula is C25H25FN6O3. The van der Waals surface area contributed by atoms with E-state index in [4.69, 9.17) is 15.2 Å². The minimum atomic E-state index is -0.812. The number of ether oxygens (including phenoxy) is 2. The molecule has 1 saturated heterocycles. The normalized spacial score (nSPS) is 14.2. The maximum absolute atomic E-state index is 14.3. The molecule has 180 valence electrons. The van der Waals surface area contributed by atoms with Crippen LogP contribution in [-0.4, -0.2) is 64.6 Å². The van der Waals surface area contributed by atoms with Crippen LogP contribution in [0.15, 0.2) is 61.1 Å². The van der Waals surface area contributed by atoms with Crippen LogP contribution in [0.1, 0.15) is 10.4 Å². The Morgan fingerprint density at radius 1 is 1.14 bits per heavy atom. The number of benzene rings is 2. The van der Waals surface area contributed by atoms with Crippen LogP contribution in [0, 0.1) is 5.82 Å². The van der Waals surface area contributed by atoms with Gasteiger partial charge in [-0.1, -0.05) is 6.07 Å². The number of aromatic nitrogens is 3. The van der Waals surface area contributed by atoms with Crippen LogP contribution in [0.2, 0.25) is 0 Å². The van der Waals surface area contributed by atoms with Gasteiger partial charge in [-0.15, -0.1) is 0 Å². The monoisotopic (exact) mass is 476 g/mol. The molecule has 0 spiro atoms. The molecule has 3 N–H and O–H groups in total. The molecule has 0 unspecified atom stereocenters. The number of nitrogens with zero attached hydrogens (tertiary/aromatic N) is 4. The van der Waals surface area contributed by atoms with Gasteiger partial charge in [-0.3, -0.25) is 14.1 Å². The number of fused-ring (bicyclic) bond motifs is 1. The van der Waals surface area contributed by atoms with Gasteiger partial charge in [0.1, 0.15) is 18.2 Å². The number of nitrogens with one attached hydrogen (secondary N) is 1. The number of morpholine rings is 1. The van der Waals surface area contributed by atoms with Crippen LogP contribution < -0.4 is 15.8 Å². The van der Waals surface area contributed by atoms with Crippen molar-refractivity contribution >= 4 is 23.1 Å². The van der Waals surface area contributed by atoms with Gasteiger partial charge in [0, 0.05) is 43.3 Å². The summed E-state index contributed by atoms with van der Waals surface area (Å²) in [5.41, 5.74) is 7.63. The molecule has 1 fully saturated rings. The Morgan fingerprint density at radius 2 is 1.94 bits per heavy atom. The molecule has 2 aromatic carbocycles. The van der Waals surface area contributed by atoms with Crippen molar-refractivity contribution in [2.24, 2.45) is 5.73 Å². The van der Waals surface area contributed by atoms with Crippen LogP contribution in [-0.2, 0) is 4.74 Å². The lowest BCUT2D eigenvalue weighted by Crippen LogP contribution is -2.38. The molecule has 2 aromatic heterocycles. The summed E-state index contributed by atoms with van der Waals surface area (Å²) in [6.45, 7) is 4.91. The molecule has 10 heteroatoms. The Hall–Kier alpha value is -4.02. The van der Waals surface area contributed by atoms with E-state index in [1.807, 2.05) is 24.3 Å². The zero-order valence-electron chi connectivity index (χ0n) is 19.0. The second-order valence-electron chi connectivity index (χ2n) is 8.12. The van der Waals surface area contributed by atoms with E-state index in [0.29, 0.717) is 29.3 Å². The lowest BCUT2D eigenvalue weighted by Gasteiger charge is -2.26. The van der Waals surface area contributed by atoms with Gasteiger partial charge in [0.2, 0.25) is 0 Å². The summed E-state index contributed by atoms with van der Waals surface area (Å²) in [5.74, 6) is -0.154. The quantitative estimate of drug-likeness (QED) is 0.402. The van der Waals surface area contributed by atoms with Gasteiger partial charge in [0.05, 0.1) is 30.7 Å². The Bertz CT molecular complexity index is 1340. The number of hydrogen-bond donors (Lipinski definition) is 2. The van der Waals surface area contributed by atoms with Crippen LogP contribution in [0.3, 0.4) is 0 Å². The van der Waals surface area contributed by atoms with Crippen molar-refractivity contribution in [1.82, 2.24) is 19.3 Å². The number of carbonyl (C=O) groups is 1. The third kappa shape index (κ3) is 5.08. The fourth-order valence-electron chi connectivity index (χ4n) is 3.98. The molecule has 0 saturated carbocycles. The number of rotatable bonds is 8. The van der Waals surface area contributed by atoms with Crippen molar-refractivity contribution < 1.29 is 18.7 Å². The van der Waals surface area contributed by atoms with Gasteiger partial charge in [-0.25, -0.2) is 14.4 Å². The molecule has 0 aliphatic carbocycles. The summed E-state index contributed by atoms with van der Waals surface area (Å²) in [4.78, 5) is 22.6. The van der Waals surface area contributed by atoms with E-state index in [-0.39, 0.29) is 5.56 Å². The molecule has 4 aromatic rings. The van der Waals surface area contributed by atoms with E-state index >= 15 is 0 Å². The molecule has 1 amide bonds. The van der Waals surface area contributed by atoms with Gasteiger partial charge < -0.3 is 20.5 Å². The van der Waals surface area contributed by atoms with Crippen molar-refractivity contribution in [2.45, 2.75) is 0 Å². The first-order valence-corrected chi connectivity index (χ1v) is 11.3. The van der Waals surface area contributed by atoms with Crippen molar-refractivity contribution in [3.05, 3.63) is 72.4 Å². The number of nitrogens with two attached hydrogens (primary N) is 1. The molecule has 0 bridgehead atoms. The highest BCUT2D eigenvalue weighted by Crippen LogP contribution is 2.27. The number of carbonyl (C=O) groups excluding carboxylic acids is 1. The molecule has 0 radical (unpaired) electrons. The van der Waals surface area contributed by atoms with Crippen molar-refractivity contribution in [2.75, 3.05) is 44.8 Å². The smallest absolute Gasteiger partial charge is 0.251 e. The molecule has 1 aliphatic rings. The molecule has 1 aliphatic heterocycles. The topological polar surface area (TPSA) is 107 Å². The average molecular weight is 477 g/mol. The molecule has 35 heavy (non-hydrogen) atoms. The maximum atomic E-state index is 14.3. The fourth-order valence-corrected chi connectivity index (χ4v) is 3.98. The second kappa shape index (κ2) is 10.1. The Morgan fingerprint density at radius 3 is 2.69 bits per heavy atom. The molecule has 9 nitrogen and oxygen atoms in total. The summed E-state index contributed by atoms with van der Waals surface area (Å²) in [5, 5.41) is 3.27. The third-order valence-electron chi connectivity index (χ3n) is 5.86. The predicted octanol–water partition coefficient (Wildman–Crippen LogP) is 3.09. The Labute approximate surface area is 201 Å². The molecular weight excluding hydrogens is 451 g/mol. The molecule has 3 heterocycles. The maximum Gasteiger partial charge on any atom is 0.251 e. The lowest BCUT2D eigenvalue weighted by molar-refractivity contribution is 0.0322. The Balaban J connectivity index is 1.28. The van der Waals surface area contributed by atoms with Gasteiger partial charge in [-0.05, 0) is 36.4 Å². The lowest BCUT2D eigenvalue weighted by atomic mass is 10.1. The van der Waals surface area contributed by atoms with Gasteiger partial charge in [0.25, 0.3) is 5.91 Å². The number of primary amides is 1. The van der Waals surface area contributed by atoms with Gasteiger partial charge in [-0.2, -0.15) is 0 Å². The summed E-state index contributed by atoms with van der Waals surface area (Å²) in [6.07, 6.45) is 5.03. The number of hydrogen-bond acceptors (Lipinski definition) is 7. The highest BCUT2D eigenvalue weighted by atomic mass is 19.1. The van der Waals surface area contributed by atoms with E-state index in [1.165, 1.54) is 12.1 Å². The van der Waals surface area contributed by atoms with Crippen LogP contribution >= 0.6 is 0 Å². The second-order valence-corrected chi connectivity index (χ2v) is 8.12. The first-order chi connectivity index (χ1) is 17.1. The summed E-state index contributed by atoms with van der Waals surface area (Å²) < 4.78 is 27.3. The minimum Gasteiger partial charge on any atom is -0.492 e. The zero-order chi connectivity index (χ0) is 24.2. The van der Waals surface area contributed by atoms with Gasteiger partial charge in [0.15, 0.2) is 11.5 Å². The SMILES string of the molecule is NC(=O)c1ccc(-c2cnc(Nc3ccc(OCCN4CCOCC4)cc3)c3nccn23)cc1F. The van der Waals surface area contributed by atoms with E-state index in [0.717, 1.165) is 44.3 Å². The number of amides is 1. The first kappa shape index (κ1) is 22.8. The average Bonchev–Trinajstić information content (AvgIpc) is 3.36.